The normalized spacial score (nSPS) is 13.7. The Hall–Kier alpha value is -0.200. The van der Waals surface area contributed by atoms with Crippen molar-refractivity contribution in [2.75, 3.05) is 65.4 Å². The second-order valence-electron chi connectivity index (χ2n) is 8.25. The molecule has 164 valence electrons. The van der Waals surface area contributed by atoms with E-state index in [0.29, 0.717) is 18.1 Å². The van der Waals surface area contributed by atoms with Gasteiger partial charge >= 0.3 is 0 Å². The van der Waals surface area contributed by atoms with Crippen molar-refractivity contribution in [1.29, 1.82) is 0 Å². The molecule has 0 rings (SSSR count). The molecule has 0 radical (unpaired) electrons. The summed E-state index contributed by atoms with van der Waals surface area (Å²) in [4.78, 5) is 7.65. The van der Waals surface area contributed by atoms with Crippen LogP contribution in [0.5, 0.6) is 0 Å². The molecule has 0 amide bonds. The molecule has 0 aliphatic heterocycles. The van der Waals surface area contributed by atoms with Crippen LogP contribution in [-0.4, -0.2) is 98.3 Å². The summed E-state index contributed by atoms with van der Waals surface area (Å²) in [6, 6.07) is 1.89. The van der Waals surface area contributed by atoms with Gasteiger partial charge in [0.05, 0.1) is 0 Å². The number of nitrogens with one attached hydrogen (secondary N) is 2. The SMILES string of the molecule is CCC(C)N(CCNCCN(CCNCCN(CC)CC)C(C)C)C(C)C. The summed E-state index contributed by atoms with van der Waals surface area (Å²) in [5.74, 6) is 0. The van der Waals surface area contributed by atoms with Gasteiger partial charge in [0, 0.05) is 70.5 Å². The van der Waals surface area contributed by atoms with Crippen LogP contribution in [0, 0.1) is 0 Å². The van der Waals surface area contributed by atoms with Crippen molar-refractivity contribution in [1.82, 2.24) is 25.3 Å². The first-order valence-electron chi connectivity index (χ1n) is 11.5. The zero-order chi connectivity index (χ0) is 20.7. The molecule has 0 aromatic carbocycles. The summed E-state index contributed by atoms with van der Waals surface area (Å²) in [5.41, 5.74) is 0. The maximum atomic E-state index is 3.66. The maximum absolute atomic E-state index is 3.66. The standard InChI is InChI=1S/C22H51N5/c1-9-22(8)27(21(6)7)19-15-24-14-18-26(20(4)5)17-13-23-12-16-25(10-2)11-3/h20-24H,9-19H2,1-8H3. The van der Waals surface area contributed by atoms with Gasteiger partial charge in [0.2, 0.25) is 0 Å². The second-order valence-corrected chi connectivity index (χ2v) is 8.25. The molecule has 0 aliphatic carbocycles. The average Bonchev–Trinajstić information content (AvgIpc) is 2.64. The van der Waals surface area contributed by atoms with Crippen molar-refractivity contribution >= 4 is 0 Å². The fraction of sp³-hybridized carbons (Fsp3) is 1.00. The van der Waals surface area contributed by atoms with Gasteiger partial charge in [0.15, 0.2) is 0 Å². The van der Waals surface area contributed by atoms with Crippen molar-refractivity contribution < 1.29 is 0 Å². The van der Waals surface area contributed by atoms with Crippen LogP contribution >= 0.6 is 0 Å². The van der Waals surface area contributed by atoms with Gasteiger partial charge in [0.25, 0.3) is 0 Å². The van der Waals surface area contributed by atoms with E-state index in [1.54, 1.807) is 0 Å². The van der Waals surface area contributed by atoms with Gasteiger partial charge < -0.3 is 15.5 Å². The van der Waals surface area contributed by atoms with Crippen LogP contribution in [0.2, 0.25) is 0 Å². The summed E-state index contributed by atoms with van der Waals surface area (Å²) in [5, 5.41) is 7.26. The highest BCUT2D eigenvalue weighted by Gasteiger charge is 2.15. The van der Waals surface area contributed by atoms with Crippen molar-refractivity contribution in [2.24, 2.45) is 0 Å². The first-order valence-corrected chi connectivity index (χ1v) is 11.5. The van der Waals surface area contributed by atoms with Crippen LogP contribution in [0.1, 0.15) is 61.8 Å². The number of hydrogen-bond donors (Lipinski definition) is 2. The minimum absolute atomic E-state index is 0.601. The molecular weight excluding hydrogens is 334 g/mol. The van der Waals surface area contributed by atoms with Crippen LogP contribution in [0.4, 0.5) is 0 Å². The molecule has 0 fully saturated rings. The lowest BCUT2D eigenvalue weighted by molar-refractivity contribution is 0.159. The fourth-order valence-electron chi connectivity index (χ4n) is 3.53. The Kier molecular flexibility index (Phi) is 16.6. The van der Waals surface area contributed by atoms with E-state index in [0.717, 1.165) is 65.4 Å². The smallest absolute Gasteiger partial charge is 0.0112 e. The average molecular weight is 386 g/mol. The van der Waals surface area contributed by atoms with Crippen LogP contribution in [0.25, 0.3) is 0 Å². The van der Waals surface area contributed by atoms with Crippen LogP contribution in [-0.2, 0) is 0 Å². The lowest BCUT2D eigenvalue weighted by Gasteiger charge is -2.32. The summed E-state index contributed by atoms with van der Waals surface area (Å²) in [7, 11) is 0. The van der Waals surface area contributed by atoms with E-state index in [9.17, 15) is 0 Å². The summed E-state index contributed by atoms with van der Waals surface area (Å²) in [6.45, 7) is 29.5. The number of rotatable bonds is 18. The Balaban J connectivity index is 3.95. The van der Waals surface area contributed by atoms with Gasteiger partial charge in [-0.25, -0.2) is 0 Å². The molecule has 0 aromatic heterocycles. The zero-order valence-electron chi connectivity index (χ0n) is 19.9. The quantitative estimate of drug-likeness (QED) is 0.355. The molecule has 1 atom stereocenters. The van der Waals surface area contributed by atoms with Gasteiger partial charge in [-0.3, -0.25) is 9.80 Å². The molecular formula is C22H51N5. The minimum Gasteiger partial charge on any atom is -0.314 e. The van der Waals surface area contributed by atoms with Crippen molar-refractivity contribution in [2.45, 2.75) is 79.9 Å². The Bertz CT molecular complexity index is 318. The Morgan fingerprint density at radius 2 is 1.11 bits per heavy atom. The lowest BCUT2D eigenvalue weighted by atomic mass is 10.2. The largest absolute Gasteiger partial charge is 0.314 e. The fourth-order valence-corrected chi connectivity index (χ4v) is 3.53. The maximum Gasteiger partial charge on any atom is 0.0112 e. The molecule has 27 heavy (non-hydrogen) atoms. The van der Waals surface area contributed by atoms with Gasteiger partial charge in [-0.2, -0.15) is 0 Å². The number of likely N-dealkylation sites (N-methyl/N-ethyl adjacent to an activating group) is 1. The van der Waals surface area contributed by atoms with E-state index < -0.39 is 0 Å². The van der Waals surface area contributed by atoms with Gasteiger partial charge in [-0.1, -0.05) is 20.8 Å². The van der Waals surface area contributed by atoms with E-state index in [1.165, 1.54) is 6.42 Å². The molecule has 0 saturated carbocycles. The summed E-state index contributed by atoms with van der Waals surface area (Å²) in [6.07, 6.45) is 1.22. The molecule has 5 heteroatoms. The van der Waals surface area contributed by atoms with E-state index in [2.05, 4.69) is 80.7 Å². The molecule has 5 nitrogen and oxygen atoms in total. The number of nitrogens with zero attached hydrogens (tertiary/aromatic N) is 3. The molecule has 0 aliphatic rings. The topological polar surface area (TPSA) is 33.8 Å². The Morgan fingerprint density at radius 1 is 0.630 bits per heavy atom. The molecule has 0 bridgehead atoms. The predicted octanol–water partition coefficient (Wildman–Crippen LogP) is 2.73. The highest BCUT2D eigenvalue weighted by atomic mass is 15.2. The highest BCUT2D eigenvalue weighted by molar-refractivity contribution is 4.72. The third-order valence-corrected chi connectivity index (χ3v) is 5.75. The minimum atomic E-state index is 0.601. The third-order valence-electron chi connectivity index (χ3n) is 5.75. The van der Waals surface area contributed by atoms with Gasteiger partial charge in [-0.15, -0.1) is 0 Å². The van der Waals surface area contributed by atoms with E-state index >= 15 is 0 Å². The second kappa shape index (κ2) is 16.7. The van der Waals surface area contributed by atoms with Gasteiger partial charge in [-0.05, 0) is 54.1 Å². The van der Waals surface area contributed by atoms with Crippen LogP contribution in [0.3, 0.4) is 0 Å². The number of hydrogen-bond acceptors (Lipinski definition) is 5. The zero-order valence-corrected chi connectivity index (χ0v) is 19.9. The molecule has 2 N–H and O–H groups in total. The lowest BCUT2D eigenvalue weighted by Crippen LogP contribution is -2.45. The first kappa shape index (κ1) is 26.8. The van der Waals surface area contributed by atoms with Crippen molar-refractivity contribution in [3.05, 3.63) is 0 Å². The Morgan fingerprint density at radius 3 is 1.52 bits per heavy atom. The van der Waals surface area contributed by atoms with E-state index in [-0.39, 0.29) is 0 Å². The van der Waals surface area contributed by atoms with Crippen LogP contribution < -0.4 is 10.6 Å². The molecule has 0 aromatic rings. The highest BCUT2D eigenvalue weighted by Crippen LogP contribution is 2.07. The monoisotopic (exact) mass is 385 g/mol. The Labute approximate surface area is 171 Å². The van der Waals surface area contributed by atoms with Gasteiger partial charge in [0.1, 0.15) is 0 Å². The molecule has 1 unspecified atom stereocenters. The first-order chi connectivity index (χ1) is 12.9. The van der Waals surface area contributed by atoms with E-state index in [4.69, 9.17) is 0 Å². The third kappa shape index (κ3) is 12.8. The van der Waals surface area contributed by atoms with Crippen molar-refractivity contribution in [3.63, 3.8) is 0 Å². The van der Waals surface area contributed by atoms with E-state index in [1.807, 2.05) is 0 Å². The molecule has 0 saturated heterocycles. The summed E-state index contributed by atoms with van der Waals surface area (Å²) >= 11 is 0. The summed E-state index contributed by atoms with van der Waals surface area (Å²) < 4.78 is 0. The molecule has 0 spiro atoms. The van der Waals surface area contributed by atoms with Crippen LogP contribution in [0.15, 0.2) is 0 Å². The predicted molar refractivity (Wildman–Crippen MR) is 122 cm³/mol. The van der Waals surface area contributed by atoms with Crippen molar-refractivity contribution in [3.8, 4) is 0 Å². The molecule has 0 heterocycles.